The molecule has 9 heteroatoms. The van der Waals surface area contributed by atoms with E-state index in [9.17, 15) is 4.39 Å². The van der Waals surface area contributed by atoms with Crippen LogP contribution >= 0.6 is 11.6 Å². The predicted octanol–water partition coefficient (Wildman–Crippen LogP) is 3.49. The number of nitrogens with zero attached hydrogens (tertiary/aromatic N) is 3. The monoisotopic (exact) mass is 376 g/mol. The van der Waals surface area contributed by atoms with Crippen molar-refractivity contribution < 1.29 is 18.5 Å². The molecule has 1 heterocycles. The van der Waals surface area contributed by atoms with Crippen LogP contribution in [0.5, 0.6) is 11.5 Å². The Labute approximate surface area is 153 Å². The Morgan fingerprint density at radius 2 is 1.92 bits per heavy atom. The number of rotatable bonds is 6. The van der Waals surface area contributed by atoms with Crippen LogP contribution in [-0.4, -0.2) is 23.3 Å². The fraction of sp³-hybridized carbons (Fsp3) is 0.118. The molecule has 0 saturated heterocycles. The molecular weight excluding hydrogens is 363 g/mol. The minimum Gasteiger partial charge on any atom is -0.497 e. The smallest absolute Gasteiger partial charge is 0.176 e. The Bertz CT molecular complexity index is 928. The van der Waals surface area contributed by atoms with Gasteiger partial charge in [-0.25, -0.2) is 14.0 Å². The van der Waals surface area contributed by atoms with Crippen molar-refractivity contribution in [3.8, 4) is 11.5 Å². The summed E-state index contributed by atoms with van der Waals surface area (Å²) in [5, 5.41) is 7.46. The average Bonchev–Trinajstić information content (AvgIpc) is 3.12. The molecule has 0 aliphatic heterocycles. The number of halogens is 2. The molecule has 0 bridgehead atoms. The lowest BCUT2D eigenvalue weighted by atomic mass is 10.3. The maximum absolute atomic E-state index is 13.2. The van der Waals surface area contributed by atoms with E-state index in [4.69, 9.17) is 31.4 Å². The molecule has 0 saturated carbocycles. The van der Waals surface area contributed by atoms with Crippen molar-refractivity contribution in [3.63, 3.8) is 0 Å². The highest BCUT2D eigenvalue weighted by Crippen LogP contribution is 2.22. The lowest BCUT2D eigenvalue weighted by Crippen LogP contribution is -2.16. The molecule has 1 aromatic heterocycles. The molecule has 0 spiro atoms. The minimum atomic E-state index is -0.541. The summed E-state index contributed by atoms with van der Waals surface area (Å²) < 4.78 is 28.6. The van der Waals surface area contributed by atoms with Crippen molar-refractivity contribution >= 4 is 23.1 Å². The van der Waals surface area contributed by atoms with E-state index in [1.54, 1.807) is 31.4 Å². The number of aromatic nitrogens is 2. The summed E-state index contributed by atoms with van der Waals surface area (Å²) in [7, 11) is 1.58. The second kappa shape index (κ2) is 7.83. The second-order valence-corrected chi connectivity index (χ2v) is 5.53. The van der Waals surface area contributed by atoms with E-state index in [0.29, 0.717) is 17.1 Å². The van der Waals surface area contributed by atoms with Crippen LogP contribution in [0.2, 0.25) is 5.02 Å². The standard InChI is InChI=1S/C17H14ClFN4O3/c1-24-11-3-5-12(6-4-11)25-9-15-16(23-26-22-15)17(20)21-10-2-7-14(19)13(18)8-10/h2-8H,9H2,1H3,(H2,20,21). The number of hydrogen-bond donors (Lipinski definition) is 1. The van der Waals surface area contributed by atoms with Gasteiger partial charge >= 0.3 is 0 Å². The van der Waals surface area contributed by atoms with Crippen LogP contribution in [-0.2, 0) is 6.61 Å². The zero-order valence-corrected chi connectivity index (χ0v) is 14.4. The summed E-state index contributed by atoms with van der Waals surface area (Å²) in [5.41, 5.74) is 6.93. The maximum Gasteiger partial charge on any atom is 0.176 e. The molecule has 0 radical (unpaired) electrons. The van der Waals surface area contributed by atoms with Crippen LogP contribution < -0.4 is 15.2 Å². The van der Waals surface area contributed by atoms with Crippen LogP contribution in [0.1, 0.15) is 11.4 Å². The Balaban J connectivity index is 1.74. The lowest BCUT2D eigenvalue weighted by Gasteiger charge is -2.06. The minimum absolute atomic E-state index is 0.0438. The Morgan fingerprint density at radius 3 is 2.62 bits per heavy atom. The third-order valence-electron chi connectivity index (χ3n) is 3.39. The Hall–Kier alpha value is -3.13. The van der Waals surface area contributed by atoms with Gasteiger partial charge in [0.1, 0.15) is 23.9 Å². The molecule has 3 aromatic rings. The summed E-state index contributed by atoms with van der Waals surface area (Å²) in [6.07, 6.45) is 0. The van der Waals surface area contributed by atoms with Crippen LogP contribution in [0.3, 0.4) is 0 Å². The number of amidine groups is 1. The first kappa shape index (κ1) is 17.7. The zero-order valence-electron chi connectivity index (χ0n) is 13.6. The molecule has 134 valence electrons. The van der Waals surface area contributed by atoms with Gasteiger partial charge in [-0.15, -0.1) is 0 Å². The molecule has 2 aromatic carbocycles. The normalized spacial score (nSPS) is 11.4. The molecule has 7 nitrogen and oxygen atoms in total. The second-order valence-electron chi connectivity index (χ2n) is 5.12. The molecule has 0 atom stereocenters. The van der Waals surface area contributed by atoms with Crippen molar-refractivity contribution in [2.24, 2.45) is 10.7 Å². The van der Waals surface area contributed by atoms with Crippen molar-refractivity contribution in [1.29, 1.82) is 0 Å². The number of methoxy groups -OCH3 is 1. The van der Waals surface area contributed by atoms with Gasteiger partial charge in [0, 0.05) is 0 Å². The molecule has 3 rings (SSSR count). The van der Waals surface area contributed by atoms with Gasteiger partial charge in [0.05, 0.1) is 17.8 Å². The number of nitrogens with two attached hydrogens (primary N) is 1. The van der Waals surface area contributed by atoms with Crippen LogP contribution in [0.15, 0.2) is 52.1 Å². The van der Waals surface area contributed by atoms with Gasteiger partial charge < -0.3 is 15.2 Å². The number of ether oxygens (including phenoxy) is 2. The van der Waals surface area contributed by atoms with Crippen molar-refractivity contribution in [3.05, 3.63) is 64.7 Å². The van der Waals surface area contributed by atoms with Crippen molar-refractivity contribution in [2.45, 2.75) is 6.61 Å². The largest absolute Gasteiger partial charge is 0.497 e. The summed E-state index contributed by atoms with van der Waals surface area (Å²) in [5.74, 6) is 0.833. The number of benzene rings is 2. The molecule has 26 heavy (non-hydrogen) atoms. The summed E-state index contributed by atoms with van der Waals surface area (Å²) in [6, 6.07) is 11.0. The molecule has 0 fully saturated rings. The quantitative estimate of drug-likeness (QED) is 0.522. The van der Waals surface area contributed by atoms with Crippen LogP contribution in [0.25, 0.3) is 0 Å². The molecule has 0 aliphatic rings. The highest BCUT2D eigenvalue weighted by molar-refractivity contribution is 6.31. The fourth-order valence-corrected chi connectivity index (χ4v) is 2.24. The van der Waals surface area contributed by atoms with Crippen LogP contribution in [0, 0.1) is 5.82 Å². The highest BCUT2D eigenvalue weighted by Gasteiger charge is 2.15. The summed E-state index contributed by atoms with van der Waals surface area (Å²) in [6.45, 7) is 0.0750. The highest BCUT2D eigenvalue weighted by atomic mass is 35.5. The molecule has 0 aliphatic carbocycles. The van der Waals surface area contributed by atoms with Gasteiger partial charge in [0.25, 0.3) is 0 Å². The summed E-state index contributed by atoms with van der Waals surface area (Å²) >= 11 is 5.73. The predicted molar refractivity (Wildman–Crippen MR) is 93.4 cm³/mol. The molecule has 0 unspecified atom stereocenters. The summed E-state index contributed by atoms with van der Waals surface area (Å²) in [4.78, 5) is 4.15. The van der Waals surface area contributed by atoms with E-state index >= 15 is 0 Å². The number of aliphatic imine (C=N–C) groups is 1. The first-order valence-corrected chi connectivity index (χ1v) is 7.82. The average molecular weight is 377 g/mol. The van der Waals surface area contributed by atoms with Gasteiger partial charge in [-0.05, 0) is 47.6 Å². The van der Waals surface area contributed by atoms with E-state index in [0.717, 1.165) is 5.75 Å². The first-order valence-electron chi connectivity index (χ1n) is 7.44. The van der Waals surface area contributed by atoms with E-state index in [1.807, 2.05) is 0 Å². The van der Waals surface area contributed by atoms with E-state index in [-0.39, 0.29) is 23.2 Å². The van der Waals surface area contributed by atoms with Gasteiger partial charge in [-0.2, -0.15) is 0 Å². The van der Waals surface area contributed by atoms with Gasteiger partial charge in [-0.3, -0.25) is 0 Å². The third kappa shape index (κ3) is 4.09. The van der Waals surface area contributed by atoms with E-state index in [1.165, 1.54) is 18.2 Å². The van der Waals surface area contributed by atoms with Crippen molar-refractivity contribution in [1.82, 2.24) is 10.3 Å². The number of hydrogen-bond acceptors (Lipinski definition) is 6. The maximum atomic E-state index is 13.2. The topological polar surface area (TPSA) is 95.8 Å². The van der Waals surface area contributed by atoms with Gasteiger partial charge in [0.15, 0.2) is 17.2 Å². The fourth-order valence-electron chi connectivity index (χ4n) is 2.07. The molecule has 0 amide bonds. The lowest BCUT2D eigenvalue weighted by molar-refractivity contribution is 0.270. The first-order chi connectivity index (χ1) is 12.6. The zero-order chi connectivity index (χ0) is 18.5. The van der Waals surface area contributed by atoms with Gasteiger partial charge in [0.2, 0.25) is 0 Å². The SMILES string of the molecule is COc1ccc(OCc2nonc2C(N)=Nc2ccc(F)c(Cl)c2)cc1. The molecule has 2 N–H and O–H groups in total. The van der Waals surface area contributed by atoms with Gasteiger partial charge in [-0.1, -0.05) is 16.8 Å². The Morgan fingerprint density at radius 1 is 1.19 bits per heavy atom. The van der Waals surface area contributed by atoms with Crippen LogP contribution in [0.4, 0.5) is 10.1 Å². The molecular formula is C17H14ClFN4O3. The van der Waals surface area contributed by atoms with Crippen molar-refractivity contribution in [2.75, 3.05) is 7.11 Å². The third-order valence-corrected chi connectivity index (χ3v) is 3.68. The Kier molecular flexibility index (Phi) is 5.33. The van der Waals surface area contributed by atoms with E-state index in [2.05, 4.69) is 15.3 Å². The van der Waals surface area contributed by atoms with E-state index < -0.39 is 5.82 Å².